The van der Waals surface area contributed by atoms with E-state index in [4.69, 9.17) is 0 Å². The maximum atomic E-state index is 3.23. The lowest BCUT2D eigenvalue weighted by Gasteiger charge is -2.21. The smallest absolute Gasteiger partial charge is 0.0411 e. The average Bonchev–Trinajstić information content (AvgIpc) is 2.66. The molecule has 1 aliphatic heterocycles. The Bertz CT molecular complexity index is 322. The largest absolute Gasteiger partial charge is 0.371 e. The van der Waals surface area contributed by atoms with Crippen LogP contribution in [0.25, 0.3) is 0 Å². The van der Waals surface area contributed by atoms with E-state index in [1.165, 1.54) is 30.8 Å². The van der Waals surface area contributed by atoms with Crippen molar-refractivity contribution in [1.29, 1.82) is 0 Å². The van der Waals surface area contributed by atoms with Gasteiger partial charge in [-0.1, -0.05) is 25.1 Å². The molecule has 0 aliphatic carbocycles. The molecule has 0 saturated carbocycles. The third-order valence-corrected chi connectivity index (χ3v) is 3.12. The molecular formula is C13H20N2. The third-order valence-electron chi connectivity index (χ3n) is 3.12. The van der Waals surface area contributed by atoms with E-state index in [-0.39, 0.29) is 0 Å². The number of benzene rings is 1. The number of anilines is 1. The van der Waals surface area contributed by atoms with Gasteiger partial charge in [0.25, 0.3) is 0 Å². The molecule has 1 aromatic rings. The number of hydrogen-bond donors (Lipinski definition) is 1. The highest BCUT2D eigenvalue weighted by atomic mass is 15.2. The van der Waals surface area contributed by atoms with Crippen LogP contribution >= 0.6 is 0 Å². The first-order valence-corrected chi connectivity index (χ1v) is 5.78. The van der Waals surface area contributed by atoms with E-state index in [9.17, 15) is 0 Å². The number of nitrogens with zero attached hydrogens (tertiary/aromatic N) is 1. The number of para-hydroxylation sites is 1. The molecule has 2 nitrogen and oxygen atoms in total. The predicted molar refractivity (Wildman–Crippen MR) is 65.2 cm³/mol. The summed E-state index contributed by atoms with van der Waals surface area (Å²) < 4.78 is 0. The Labute approximate surface area is 92.3 Å². The van der Waals surface area contributed by atoms with Crippen molar-refractivity contribution < 1.29 is 0 Å². The minimum Gasteiger partial charge on any atom is -0.371 e. The van der Waals surface area contributed by atoms with Gasteiger partial charge in [-0.2, -0.15) is 0 Å². The normalized spacial score (nSPS) is 20.9. The summed E-state index contributed by atoms with van der Waals surface area (Å²) in [6.07, 6.45) is 1.33. The fourth-order valence-corrected chi connectivity index (χ4v) is 2.31. The molecular weight excluding hydrogens is 184 g/mol. The van der Waals surface area contributed by atoms with Gasteiger partial charge in [-0.15, -0.1) is 0 Å². The Balaban J connectivity index is 2.19. The first kappa shape index (κ1) is 10.5. The number of hydrogen-bond acceptors (Lipinski definition) is 2. The van der Waals surface area contributed by atoms with Crippen molar-refractivity contribution in [3.05, 3.63) is 29.8 Å². The average molecular weight is 204 g/mol. The summed E-state index contributed by atoms with van der Waals surface area (Å²) in [6.45, 7) is 5.71. The van der Waals surface area contributed by atoms with Crippen LogP contribution in [-0.2, 0) is 6.54 Å². The van der Waals surface area contributed by atoms with Crippen LogP contribution in [0, 0.1) is 5.92 Å². The Morgan fingerprint density at radius 2 is 2.20 bits per heavy atom. The summed E-state index contributed by atoms with van der Waals surface area (Å²) in [5.74, 6) is 0.840. The third kappa shape index (κ3) is 2.32. The van der Waals surface area contributed by atoms with Crippen molar-refractivity contribution in [3.63, 3.8) is 0 Å². The minimum atomic E-state index is 0.840. The highest BCUT2D eigenvalue weighted by molar-refractivity contribution is 5.54. The molecule has 1 unspecified atom stereocenters. The second-order valence-corrected chi connectivity index (χ2v) is 4.50. The van der Waals surface area contributed by atoms with Crippen LogP contribution in [-0.4, -0.2) is 20.1 Å². The molecule has 1 heterocycles. The fourth-order valence-electron chi connectivity index (χ4n) is 2.31. The summed E-state index contributed by atoms with van der Waals surface area (Å²) in [5, 5.41) is 3.23. The van der Waals surface area contributed by atoms with Crippen LogP contribution in [0.4, 0.5) is 5.69 Å². The van der Waals surface area contributed by atoms with Gasteiger partial charge in [-0.25, -0.2) is 0 Å². The summed E-state index contributed by atoms with van der Waals surface area (Å²) in [5.41, 5.74) is 2.82. The Morgan fingerprint density at radius 3 is 2.87 bits per heavy atom. The van der Waals surface area contributed by atoms with Gasteiger partial charge in [-0.05, 0) is 31.0 Å². The zero-order chi connectivity index (χ0) is 10.7. The van der Waals surface area contributed by atoms with Crippen molar-refractivity contribution in [2.45, 2.75) is 19.9 Å². The van der Waals surface area contributed by atoms with E-state index in [1.54, 1.807) is 0 Å². The van der Waals surface area contributed by atoms with Crippen LogP contribution in [0.2, 0.25) is 0 Å². The van der Waals surface area contributed by atoms with Gasteiger partial charge < -0.3 is 10.2 Å². The number of nitrogens with one attached hydrogen (secondary N) is 1. The van der Waals surface area contributed by atoms with E-state index in [2.05, 4.69) is 41.4 Å². The van der Waals surface area contributed by atoms with E-state index < -0.39 is 0 Å². The van der Waals surface area contributed by atoms with Gasteiger partial charge >= 0.3 is 0 Å². The monoisotopic (exact) mass is 204 g/mol. The van der Waals surface area contributed by atoms with E-state index in [0.717, 1.165) is 12.5 Å². The second kappa shape index (κ2) is 4.67. The topological polar surface area (TPSA) is 15.3 Å². The molecule has 0 bridgehead atoms. The molecule has 1 aliphatic rings. The van der Waals surface area contributed by atoms with Crippen LogP contribution in [0.5, 0.6) is 0 Å². The molecule has 2 rings (SSSR count). The van der Waals surface area contributed by atoms with Crippen LogP contribution in [0.3, 0.4) is 0 Å². The van der Waals surface area contributed by atoms with Crippen LogP contribution in [0.15, 0.2) is 24.3 Å². The summed E-state index contributed by atoms with van der Waals surface area (Å²) in [4.78, 5) is 2.51. The predicted octanol–water partition coefficient (Wildman–Crippen LogP) is 2.25. The van der Waals surface area contributed by atoms with Crippen LogP contribution in [0.1, 0.15) is 18.9 Å². The van der Waals surface area contributed by atoms with Gasteiger partial charge in [0.05, 0.1) is 0 Å². The zero-order valence-corrected chi connectivity index (χ0v) is 9.66. The molecule has 1 N–H and O–H groups in total. The Kier molecular flexibility index (Phi) is 3.27. The first-order valence-electron chi connectivity index (χ1n) is 5.78. The molecule has 1 atom stereocenters. The van der Waals surface area contributed by atoms with E-state index in [0.29, 0.717) is 0 Å². The molecule has 0 radical (unpaired) electrons. The highest BCUT2D eigenvalue weighted by Crippen LogP contribution is 2.26. The summed E-state index contributed by atoms with van der Waals surface area (Å²) in [6, 6.07) is 8.71. The maximum absolute atomic E-state index is 3.23. The molecule has 0 amide bonds. The molecule has 15 heavy (non-hydrogen) atoms. The number of rotatable bonds is 3. The lowest BCUT2D eigenvalue weighted by atomic mass is 10.1. The van der Waals surface area contributed by atoms with Gasteiger partial charge in [0.15, 0.2) is 0 Å². The molecule has 1 fully saturated rings. The Hall–Kier alpha value is -1.02. The van der Waals surface area contributed by atoms with E-state index in [1.807, 2.05) is 7.05 Å². The van der Waals surface area contributed by atoms with E-state index >= 15 is 0 Å². The van der Waals surface area contributed by atoms with Gasteiger partial charge in [0, 0.05) is 25.3 Å². The van der Waals surface area contributed by atoms with Crippen LogP contribution < -0.4 is 10.2 Å². The SMILES string of the molecule is CNCc1ccccc1N1CCC(C)C1. The second-order valence-electron chi connectivity index (χ2n) is 4.50. The highest BCUT2D eigenvalue weighted by Gasteiger charge is 2.20. The minimum absolute atomic E-state index is 0.840. The van der Waals surface area contributed by atoms with Crippen molar-refractivity contribution >= 4 is 5.69 Å². The fraction of sp³-hybridized carbons (Fsp3) is 0.538. The quantitative estimate of drug-likeness (QED) is 0.812. The molecule has 0 aromatic heterocycles. The van der Waals surface area contributed by atoms with Gasteiger partial charge in [-0.3, -0.25) is 0 Å². The van der Waals surface area contributed by atoms with Gasteiger partial charge in [0.2, 0.25) is 0 Å². The van der Waals surface area contributed by atoms with Crippen molar-refractivity contribution in [1.82, 2.24) is 5.32 Å². The maximum Gasteiger partial charge on any atom is 0.0411 e. The molecule has 2 heteroatoms. The molecule has 1 aromatic carbocycles. The molecule has 82 valence electrons. The van der Waals surface area contributed by atoms with Crippen molar-refractivity contribution in [2.75, 3.05) is 25.0 Å². The first-order chi connectivity index (χ1) is 7.31. The van der Waals surface area contributed by atoms with Crippen molar-refractivity contribution in [2.24, 2.45) is 5.92 Å². The lowest BCUT2D eigenvalue weighted by Crippen LogP contribution is -2.21. The van der Waals surface area contributed by atoms with Crippen molar-refractivity contribution in [3.8, 4) is 0 Å². The molecule has 1 saturated heterocycles. The zero-order valence-electron chi connectivity index (χ0n) is 9.66. The Morgan fingerprint density at radius 1 is 1.40 bits per heavy atom. The summed E-state index contributed by atoms with van der Waals surface area (Å²) in [7, 11) is 2.00. The molecule has 0 spiro atoms. The summed E-state index contributed by atoms with van der Waals surface area (Å²) >= 11 is 0. The van der Waals surface area contributed by atoms with Gasteiger partial charge in [0.1, 0.15) is 0 Å². The lowest BCUT2D eigenvalue weighted by molar-refractivity contribution is 0.659. The standard InChI is InChI=1S/C13H20N2/c1-11-7-8-15(10-11)13-6-4-3-5-12(13)9-14-2/h3-6,11,14H,7-10H2,1-2H3.